The van der Waals surface area contributed by atoms with Crippen molar-refractivity contribution in [1.82, 2.24) is 21.3 Å². The fourth-order valence-electron chi connectivity index (χ4n) is 2.68. The van der Waals surface area contributed by atoms with E-state index in [4.69, 9.17) is 12.2 Å². The summed E-state index contributed by atoms with van der Waals surface area (Å²) in [6.45, 7) is 3.34. The summed E-state index contributed by atoms with van der Waals surface area (Å²) < 4.78 is 0. The molecule has 2 rings (SSSR count). The van der Waals surface area contributed by atoms with Crippen LogP contribution in [0.1, 0.15) is 32.6 Å². The fraction of sp³-hybridized carbons (Fsp3) is 0.450. The van der Waals surface area contributed by atoms with Gasteiger partial charge in [-0.1, -0.05) is 43.4 Å². The number of thiocarbonyl (C=S) groups is 1. The van der Waals surface area contributed by atoms with Crippen molar-refractivity contribution in [2.45, 2.75) is 38.1 Å². The van der Waals surface area contributed by atoms with Gasteiger partial charge in [0.2, 0.25) is 0 Å². The van der Waals surface area contributed by atoms with E-state index in [-0.39, 0.29) is 11.8 Å². The summed E-state index contributed by atoms with van der Waals surface area (Å²) in [7, 11) is 0. The van der Waals surface area contributed by atoms with Gasteiger partial charge in [0, 0.05) is 17.7 Å². The van der Waals surface area contributed by atoms with E-state index in [9.17, 15) is 9.59 Å². The number of thiol groups is 1. The van der Waals surface area contributed by atoms with Gasteiger partial charge in [0.1, 0.15) is 5.50 Å². The zero-order valence-corrected chi connectivity index (χ0v) is 17.7. The summed E-state index contributed by atoms with van der Waals surface area (Å²) in [5, 5.41) is 11.9. The summed E-state index contributed by atoms with van der Waals surface area (Å²) in [4.78, 5) is 24.1. The molecule has 2 aliphatic rings. The van der Waals surface area contributed by atoms with Crippen molar-refractivity contribution in [1.29, 1.82) is 0 Å². The van der Waals surface area contributed by atoms with Crippen LogP contribution in [-0.4, -0.2) is 35.5 Å². The van der Waals surface area contributed by atoms with Crippen LogP contribution in [0.3, 0.4) is 0 Å². The average Bonchev–Trinajstić information content (AvgIpc) is 2.68. The van der Waals surface area contributed by atoms with Gasteiger partial charge in [-0.2, -0.15) is 0 Å². The predicted molar refractivity (Wildman–Crippen MR) is 120 cm³/mol. The standard InChI is InChI=1S/C20H28N4O2S2/c1-14-8-10-16(11-9-14)18(26)24-20(28)22-13-5-12-21-19(27)23-17(25)15-6-3-2-4-7-15/h3,6-8,10-11,14,19,21,27H,2,4-5,9,12-13H2,1H3,(H,23,25)(H2,22,24,26,28). The molecular formula is C20H28N4O2S2. The lowest BCUT2D eigenvalue weighted by atomic mass is 9.98. The molecule has 0 aliphatic heterocycles. The van der Waals surface area contributed by atoms with Gasteiger partial charge in [-0.3, -0.25) is 20.2 Å². The van der Waals surface area contributed by atoms with Gasteiger partial charge in [-0.05, 0) is 50.4 Å². The molecule has 6 nitrogen and oxygen atoms in total. The summed E-state index contributed by atoms with van der Waals surface area (Å²) >= 11 is 9.49. The Morgan fingerprint density at radius 3 is 2.64 bits per heavy atom. The van der Waals surface area contributed by atoms with Crippen LogP contribution in [0.5, 0.6) is 0 Å². The Hall–Kier alpha value is -1.90. The summed E-state index contributed by atoms with van der Waals surface area (Å²) in [6.07, 6.45) is 15.0. The minimum atomic E-state index is -0.428. The van der Waals surface area contributed by atoms with Gasteiger partial charge in [0.25, 0.3) is 11.8 Å². The molecule has 0 bridgehead atoms. The number of hydrogen-bond donors (Lipinski definition) is 5. The predicted octanol–water partition coefficient (Wildman–Crippen LogP) is 2.09. The highest BCUT2D eigenvalue weighted by Gasteiger charge is 2.13. The molecule has 0 saturated heterocycles. The number of rotatable bonds is 8. The maximum Gasteiger partial charge on any atom is 0.257 e. The van der Waals surface area contributed by atoms with E-state index in [2.05, 4.69) is 40.8 Å². The largest absolute Gasteiger partial charge is 0.362 e. The maximum atomic E-state index is 12.1. The molecule has 0 fully saturated rings. The van der Waals surface area contributed by atoms with Crippen molar-refractivity contribution in [2.24, 2.45) is 5.92 Å². The summed E-state index contributed by atoms with van der Waals surface area (Å²) in [6, 6.07) is 0. The Kier molecular flexibility index (Phi) is 9.46. The zero-order valence-electron chi connectivity index (χ0n) is 16.0. The molecule has 4 N–H and O–H groups in total. The molecule has 0 spiro atoms. The molecular weight excluding hydrogens is 392 g/mol. The van der Waals surface area contributed by atoms with Crippen LogP contribution >= 0.6 is 24.8 Å². The van der Waals surface area contributed by atoms with E-state index in [0.29, 0.717) is 35.3 Å². The zero-order chi connectivity index (χ0) is 20.4. The number of carbonyl (C=O) groups excluding carboxylic acids is 2. The molecule has 2 amide bonds. The normalized spacial score (nSPS) is 19.3. The topological polar surface area (TPSA) is 82.3 Å². The second kappa shape index (κ2) is 11.8. The molecule has 8 heteroatoms. The molecule has 152 valence electrons. The van der Waals surface area contributed by atoms with Crippen molar-refractivity contribution >= 4 is 41.8 Å². The number of nitrogens with one attached hydrogen (secondary N) is 4. The lowest BCUT2D eigenvalue weighted by Gasteiger charge is -2.16. The third-order valence-corrected chi connectivity index (χ3v) is 4.86. The third kappa shape index (κ3) is 8.00. The first-order chi connectivity index (χ1) is 13.5. The SMILES string of the molecule is CC1C=CC(C(=O)NC(=S)NCCCNC(S)NC(=O)C2=CCCC=C2)=CC1. The van der Waals surface area contributed by atoms with Crippen LogP contribution < -0.4 is 21.3 Å². The molecule has 0 aromatic rings. The Balaban J connectivity index is 1.56. The molecule has 0 aromatic carbocycles. The van der Waals surface area contributed by atoms with Crippen molar-refractivity contribution in [3.05, 3.63) is 47.6 Å². The van der Waals surface area contributed by atoms with Crippen molar-refractivity contribution in [3.8, 4) is 0 Å². The number of amides is 2. The number of carbonyl (C=O) groups is 2. The van der Waals surface area contributed by atoms with Gasteiger partial charge in [-0.15, -0.1) is 12.6 Å². The highest BCUT2D eigenvalue weighted by molar-refractivity contribution is 7.80. The smallest absolute Gasteiger partial charge is 0.257 e. The van der Waals surface area contributed by atoms with Crippen LogP contribution in [-0.2, 0) is 9.59 Å². The van der Waals surface area contributed by atoms with Gasteiger partial charge < -0.3 is 10.6 Å². The number of allylic oxidation sites excluding steroid dienone is 4. The molecule has 2 aliphatic carbocycles. The molecule has 2 atom stereocenters. The van der Waals surface area contributed by atoms with Crippen LogP contribution in [0, 0.1) is 5.92 Å². The lowest BCUT2D eigenvalue weighted by Crippen LogP contribution is -2.44. The van der Waals surface area contributed by atoms with E-state index >= 15 is 0 Å². The molecule has 28 heavy (non-hydrogen) atoms. The van der Waals surface area contributed by atoms with Crippen molar-refractivity contribution < 1.29 is 9.59 Å². The molecule has 0 radical (unpaired) electrons. The monoisotopic (exact) mass is 420 g/mol. The van der Waals surface area contributed by atoms with E-state index in [1.807, 2.05) is 36.5 Å². The second-order valence-corrected chi connectivity index (χ2v) is 7.69. The second-order valence-electron chi connectivity index (χ2n) is 6.76. The van der Waals surface area contributed by atoms with E-state index in [1.165, 1.54) is 0 Å². The van der Waals surface area contributed by atoms with E-state index in [0.717, 1.165) is 25.7 Å². The summed E-state index contributed by atoms with van der Waals surface area (Å²) in [5.74, 6) is 0.138. The fourth-order valence-corrected chi connectivity index (χ4v) is 3.13. The van der Waals surface area contributed by atoms with Crippen LogP contribution in [0.4, 0.5) is 0 Å². The first-order valence-corrected chi connectivity index (χ1v) is 10.4. The Bertz CT molecular complexity index is 713. The highest BCUT2D eigenvalue weighted by atomic mass is 32.1. The quantitative estimate of drug-likeness (QED) is 0.180. The van der Waals surface area contributed by atoms with Gasteiger partial charge in [0.05, 0.1) is 0 Å². The van der Waals surface area contributed by atoms with Gasteiger partial charge in [0.15, 0.2) is 5.11 Å². The Labute approximate surface area is 177 Å². The van der Waals surface area contributed by atoms with E-state index in [1.54, 1.807) is 0 Å². The first-order valence-electron chi connectivity index (χ1n) is 9.52. The van der Waals surface area contributed by atoms with E-state index < -0.39 is 5.50 Å². The van der Waals surface area contributed by atoms with Crippen LogP contribution in [0.15, 0.2) is 47.6 Å². The Morgan fingerprint density at radius 1 is 1.18 bits per heavy atom. The van der Waals surface area contributed by atoms with Gasteiger partial charge >= 0.3 is 0 Å². The molecule has 0 aromatic heterocycles. The van der Waals surface area contributed by atoms with Crippen LogP contribution in [0.2, 0.25) is 0 Å². The third-order valence-electron chi connectivity index (χ3n) is 4.30. The lowest BCUT2D eigenvalue weighted by molar-refractivity contribution is -0.117. The Morgan fingerprint density at radius 2 is 1.96 bits per heavy atom. The molecule has 0 heterocycles. The molecule has 0 saturated carbocycles. The van der Waals surface area contributed by atoms with Crippen LogP contribution in [0.25, 0.3) is 0 Å². The minimum Gasteiger partial charge on any atom is -0.362 e. The minimum absolute atomic E-state index is 0.133. The van der Waals surface area contributed by atoms with Crippen molar-refractivity contribution in [3.63, 3.8) is 0 Å². The van der Waals surface area contributed by atoms with Crippen molar-refractivity contribution in [2.75, 3.05) is 13.1 Å². The highest BCUT2D eigenvalue weighted by Crippen LogP contribution is 2.15. The first kappa shape index (κ1) is 22.4. The number of hydrogen-bond acceptors (Lipinski definition) is 5. The average molecular weight is 421 g/mol. The summed E-state index contributed by atoms with van der Waals surface area (Å²) in [5.41, 5.74) is 0.885. The molecule has 2 unspecified atom stereocenters. The maximum absolute atomic E-state index is 12.1. The van der Waals surface area contributed by atoms with Gasteiger partial charge in [-0.25, -0.2) is 0 Å².